The summed E-state index contributed by atoms with van der Waals surface area (Å²) in [6.07, 6.45) is 9.27. The molecule has 1 atom stereocenters. The third-order valence-electron chi connectivity index (χ3n) is 6.33. The molecule has 0 spiro atoms. The van der Waals surface area contributed by atoms with E-state index in [0.29, 0.717) is 32.6 Å². The van der Waals surface area contributed by atoms with E-state index < -0.39 is 12.0 Å². The predicted octanol–water partition coefficient (Wildman–Crippen LogP) is 4.59. The summed E-state index contributed by atoms with van der Waals surface area (Å²) in [7, 11) is 0. The maximum atomic E-state index is 12.4. The molecule has 4 aromatic heterocycles. The van der Waals surface area contributed by atoms with Gasteiger partial charge in [0.15, 0.2) is 0 Å². The number of pyridine rings is 4. The fraction of sp³-hybridized carbons (Fsp3) is 0.300. The van der Waals surface area contributed by atoms with Gasteiger partial charge in [0.05, 0.1) is 22.8 Å². The Bertz CT molecular complexity index is 1130. The zero-order chi connectivity index (χ0) is 26.4. The van der Waals surface area contributed by atoms with Crippen molar-refractivity contribution in [3.8, 4) is 0 Å². The molecule has 4 aromatic rings. The van der Waals surface area contributed by atoms with Gasteiger partial charge in [-0.05, 0) is 67.9 Å². The van der Waals surface area contributed by atoms with Crippen molar-refractivity contribution in [3.63, 3.8) is 0 Å². The number of hydrogen-bond donors (Lipinski definition) is 1. The Morgan fingerprint density at radius 1 is 0.632 bits per heavy atom. The first kappa shape index (κ1) is 27.0. The van der Waals surface area contributed by atoms with E-state index in [4.69, 9.17) is 0 Å². The summed E-state index contributed by atoms with van der Waals surface area (Å²) in [5.41, 5.74) is 3.69. The van der Waals surface area contributed by atoms with Crippen molar-refractivity contribution in [2.45, 2.75) is 51.5 Å². The van der Waals surface area contributed by atoms with Gasteiger partial charge in [0, 0.05) is 51.0 Å². The first-order chi connectivity index (χ1) is 18.7. The van der Waals surface area contributed by atoms with Crippen LogP contribution in [0, 0.1) is 0 Å². The van der Waals surface area contributed by atoms with Crippen LogP contribution < -0.4 is 0 Å². The lowest BCUT2D eigenvalue weighted by molar-refractivity contribution is -0.144. The van der Waals surface area contributed by atoms with Crippen molar-refractivity contribution in [2.75, 3.05) is 6.54 Å². The molecule has 0 radical (unpaired) electrons. The topological polar surface area (TPSA) is 95.3 Å². The van der Waals surface area contributed by atoms with E-state index in [0.717, 1.165) is 42.2 Å². The van der Waals surface area contributed by atoms with Crippen LogP contribution in [0.15, 0.2) is 97.6 Å². The second-order valence-electron chi connectivity index (χ2n) is 9.25. The molecule has 0 aliphatic rings. The first-order valence-corrected chi connectivity index (χ1v) is 13.0. The molecular formula is C30H34N6O2. The van der Waals surface area contributed by atoms with Gasteiger partial charge in [0.25, 0.3) is 0 Å². The van der Waals surface area contributed by atoms with E-state index in [9.17, 15) is 9.90 Å². The summed E-state index contributed by atoms with van der Waals surface area (Å²) in [5, 5.41) is 10.2. The molecule has 196 valence electrons. The molecule has 1 N–H and O–H groups in total. The van der Waals surface area contributed by atoms with Crippen LogP contribution in [-0.4, -0.2) is 53.4 Å². The Hall–Kier alpha value is -4.01. The Labute approximate surface area is 224 Å². The third kappa shape index (κ3) is 8.83. The summed E-state index contributed by atoms with van der Waals surface area (Å²) in [4.78, 5) is 34.5. The van der Waals surface area contributed by atoms with Gasteiger partial charge in [-0.25, -0.2) is 0 Å². The lowest BCUT2D eigenvalue weighted by Crippen LogP contribution is -2.40. The number of rotatable bonds is 15. The number of aromatic nitrogens is 4. The molecule has 0 fully saturated rings. The van der Waals surface area contributed by atoms with Crippen LogP contribution in [-0.2, 0) is 31.0 Å². The summed E-state index contributed by atoms with van der Waals surface area (Å²) in [5.74, 6) is -0.823. The Morgan fingerprint density at radius 3 is 1.42 bits per heavy atom. The minimum atomic E-state index is -0.823. The number of carbonyl (C=O) groups is 1. The van der Waals surface area contributed by atoms with Crippen LogP contribution in [0.5, 0.6) is 0 Å². The first-order valence-electron chi connectivity index (χ1n) is 13.0. The minimum Gasteiger partial charge on any atom is -0.480 e. The number of unbranched alkanes of at least 4 members (excludes halogenated alkanes) is 1. The molecular weight excluding hydrogens is 476 g/mol. The summed E-state index contributed by atoms with van der Waals surface area (Å²) < 4.78 is 0. The Kier molecular flexibility index (Phi) is 10.4. The molecule has 0 aliphatic heterocycles. The molecule has 0 saturated carbocycles. The quantitative estimate of drug-likeness (QED) is 0.232. The number of carboxylic acid groups (broad SMARTS) is 1. The van der Waals surface area contributed by atoms with Gasteiger partial charge in [-0.1, -0.05) is 30.7 Å². The number of carboxylic acids is 1. The van der Waals surface area contributed by atoms with Gasteiger partial charge in [0.1, 0.15) is 6.04 Å². The molecule has 0 saturated heterocycles. The van der Waals surface area contributed by atoms with E-state index in [1.54, 1.807) is 12.4 Å². The van der Waals surface area contributed by atoms with Crippen molar-refractivity contribution in [1.29, 1.82) is 0 Å². The highest BCUT2D eigenvalue weighted by molar-refractivity contribution is 5.73. The van der Waals surface area contributed by atoms with Gasteiger partial charge >= 0.3 is 5.97 Å². The van der Waals surface area contributed by atoms with Gasteiger partial charge in [-0.3, -0.25) is 34.5 Å². The lowest BCUT2D eigenvalue weighted by atomic mass is 10.1. The highest BCUT2D eigenvalue weighted by Crippen LogP contribution is 2.17. The number of nitrogens with zero attached hydrogens (tertiary/aromatic N) is 6. The maximum Gasteiger partial charge on any atom is 0.320 e. The SMILES string of the molecule is O=C(O)[C@H](CCCCN(Cc1ccccn1)Cc1ccccn1)N(Cc1ccccn1)Cc1ccccn1. The second-order valence-corrected chi connectivity index (χ2v) is 9.25. The van der Waals surface area contributed by atoms with E-state index in [-0.39, 0.29) is 0 Å². The maximum absolute atomic E-state index is 12.4. The number of hydrogen-bond acceptors (Lipinski definition) is 7. The van der Waals surface area contributed by atoms with Crippen molar-refractivity contribution in [2.24, 2.45) is 0 Å². The molecule has 0 aliphatic carbocycles. The molecule has 4 heterocycles. The molecule has 8 heteroatoms. The summed E-state index contributed by atoms with van der Waals surface area (Å²) >= 11 is 0. The normalized spacial score (nSPS) is 12.1. The van der Waals surface area contributed by atoms with E-state index in [1.807, 2.05) is 90.1 Å². The molecule has 4 rings (SSSR count). The Morgan fingerprint density at radius 2 is 1.05 bits per heavy atom. The molecule has 38 heavy (non-hydrogen) atoms. The standard InChI is InChI=1S/C30H34N6O2/c37-30(38)29(36(23-27-13-3-8-18-33-27)24-28-14-4-9-19-34-28)15-5-10-20-35(21-25-11-1-6-16-31-25)22-26-12-2-7-17-32-26/h1-4,6-9,11-14,16-19,29H,5,10,15,20-24H2,(H,37,38)/t29-/m0/s1. The van der Waals surface area contributed by atoms with Gasteiger partial charge < -0.3 is 5.11 Å². The zero-order valence-corrected chi connectivity index (χ0v) is 21.5. The van der Waals surface area contributed by atoms with E-state index in [2.05, 4.69) is 24.8 Å². The third-order valence-corrected chi connectivity index (χ3v) is 6.33. The van der Waals surface area contributed by atoms with Gasteiger partial charge in [-0.15, -0.1) is 0 Å². The second kappa shape index (κ2) is 14.7. The fourth-order valence-electron chi connectivity index (χ4n) is 4.47. The van der Waals surface area contributed by atoms with Crippen LogP contribution in [0.2, 0.25) is 0 Å². The average molecular weight is 511 g/mol. The van der Waals surface area contributed by atoms with Gasteiger partial charge in [-0.2, -0.15) is 0 Å². The summed E-state index contributed by atoms with van der Waals surface area (Å²) in [6.45, 7) is 3.14. The molecule has 8 nitrogen and oxygen atoms in total. The molecule has 0 unspecified atom stereocenters. The largest absolute Gasteiger partial charge is 0.480 e. The smallest absolute Gasteiger partial charge is 0.320 e. The molecule has 0 bridgehead atoms. The zero-order valence-electron chi connectivity index (χ0n) is 21.5. The molecule has 0 aromatic carbocycles. The monoisotopic (exact) mass is 510 g/mol. The van der Waals surface area contributed by atoms with E-state index in [1.165, 1.54) is 0 Å². The van der Waals surface area contributed by atoms with Crippen LogP contribution in [0.4, 0.5) is 0 Å². The van der Waals surface area contributed by atoms with Crippen molar-refractivity contribution >= 4 is 5.97 Å². The average Bonchev–Trinajstić information content (AvgIpc) is 2.95. The van der Waals surface area contributed by atoms with Crippen LogP contribution >= 0.6 is 0 Å². The van der Waals surface area contributed by atoms with Crippen molar-refractivity contribution in [1.82, 2.24) is 29.7 Å². The van der Waals surface area contributed by atoms with Crippen molar-refractivity contribution in [3.05, 3.63) is 120 Å². The van der Waals surface area contributed by atoms with Crippen LogP contribution in [0.25, 0.3) is 0 Å². The van der Waals surface area contributed by atoms with Crippen LogP contribution in [0.1, 0.15) is 42.0 Å². The van der Waals surface area contributed by atoms with Crippen molar-refractivity contribution < 1.29 is 9.90 Å². The predicted molar refractivity (Wildman–Crippen MR) is 146 cm³/mol. The minimum absolute atomic E-state index is 0.444. The molecule has 0 amide bonds. The highest BCUT2D eigenvalue weighted by atomic mass is 16.4. The fourth-order valence-corrected chi connectivity index (χ4v) is 4.47. The van der Waals surface area contributed by atoms with Crippen LogP contribution in [0.3, 0.4) is 0 Å². The summed E-state index contributed by atoms with van der Waals surface area (Å²) in [6, 6.07) is 22.7. The Balaban J connectivity index is 1.40. The highest BCUT2D eigenvalue weighted by Gasteiger charge is 2.26. The lowest BCUT2D eigenvalue weighted by Gasteiger charge is -2.29. The van der Waals surface area contributed by atoms with E-state index >= 15 is 0 Å². The number of aliphatic carboxylic acids is 1. The van der Waals surface area contributed by atoms with Gasteiger partial charge in [0.2, 0.25) is 0 Å².